The van der Waals surface area contributed by atoms with E-state index in [1.54, 1.807) is 0 Å². The molecule has 1 atom stereocenters. The normalized spacial score (nSPS) is 11.6. The van der Waals surface area contributed by atoms with E-state index in [0.717, 1.165) is 23.2 Å². The summed E-state index contributed by atoms with van der Waals surface area (Å²) in [5.74, 6) is -0.0784. The molecule has 0 saturated heterocycles. The van der Waals surface area contributed by atoms with Crippen LogP contribution in [0.4, 0.5) is 10.5 Å². The van der Waals surface area contributed by atoms with E-state index in [1.807, 2.05) is 104 Å². The third kappa shape index (κ3) is 8.43. The summed E-state index contributed by atoms with van der Waals surface area (Å²) < 4.78 is 0. The average molecular weight is 445 g/mol. The molecule has 0 heterocycles. The van der Waals surface area contributed by atoms with E-state index in [1.165, 1.54) is 0 Å². The first-order chi connectivity index (χ1) is 16.0. The maximum absolute atomic E-state index is 12.7. The van der Waals surface area contributed by atoms with Gasteiger partial charge in [0.2, 0.25) is 5.91 Å². The monoisotopic (exact) mass is 444 g/mol. The zero-order valence-corrected chi connectivity index (χ0v) is 19.3. The van der Waals surface area contributed by atoms with Gasteiger partial charge in [-0.3, -0.25) is 4.79 Å². The number of anilines is 1. The molecule has 0 spiro atoms. The van der Waals surface area contributed by atoms with E-state index in [2.05, 4.69) is 16.0 Å². The Morgan fingerprint density at radius 2 is 1.42 bits per heavy atom. The van der Waals surface area contributed by atoms with E-state index >= 15 is 0 Å². The van der Waals surface area contributed by atoms with Crippen molar-refractivity contribution in [1.29, 1.82) is 0 Å². The predicted octanol–water partition coefficient (Wildman–Crippen LogP) is 4.15. The Kier molecular flexibility index (Phi) is 9.03. The molecule has 0 aliphatic carbocycles. The van der Waals surface area contributed by atoms with Gasteiger partial charge in [-0.25, -0.2) is 4.79 Å². The molecule has 0 saturated carbocycles. The number of urea groups is 1. The number of hydrogen-bond donors (Lipinski definition) is 3. The summed E-state index contributed by atoms with van der Waals surface area (Å²) in [7, 11) is 3.92. The number of carbonyl (C=O) groups is 2. The molecule has 33 heavy (non-hydrogen) atoms. The number of amides is 3. The van der Waals surface area contributed by atoms with Crippen molar-refractivity contribution in [1.82, 2.24) is 15.5 Å². The molecule has 0 aromatic heterocycles. The molecule has 3 N–H and O–H groups in total. The van der Waals surface area contributed by atoms with Crippen molar-refractivity contribution in [2.75, 3.05) is 32.5 Å². The number of nitrogens with zero attached hydrogens (tertiary/aromatic N) is 1. The third-order valence-electron chi connectivity index (χ3n) is 5.22. The number of benzene rings is 3. The molecule has 3 amide bonds. The summed E-state index contributed by atoms with van der Waals surface area (Å²) in [6.07, 6.45) is 0.783. The van der Waals surface area contributed by atoms with Crippen LogP contribution in [0.25, 0.3) is 11.1 Å². The van der Waals surface area contributed by atoms with E-state index in [-0.39, 0.29) is 24.4 Å². The molecular weight excluding hydrogens is 412 g/mol. The van der Waals surface area contributed by atoms with Gasteiger partial charge in [0.05, 0.1) is 0 Å². The molecule has 1 unspecified atom stereocenters. The largest absolute Gasteiger partial charge is 0.355 e. The minimum Gasteiger partial charge on any atom is -0.355 e. The lowest BCUT2D eigenvalue weighted by Gasteiger charge is -2.20. The van der Waals surface area contributed by atoms with Crippen LogP contribution in [0.15, 0.2) is 84.9 Å². The highest BCUT2D eigenvalue weighted by atomic mass is 16.2. The third-order valence-corrected chi connectivity index (χ3v) is 5.22. The SMILES string of the molecule is CN(C)CCNC(=O)CC(Cc1ccccc1)NC(=O)Nc1ccc(-c2ccccc2)cc1. The van der Waals surface area contributed by atoms with Crippen LogP contribution in [0, 0.1) is 0 Å². The van der Waals surface area contributed by atoms with Gasteiger partial charge in [-0.05, 0) is 49.3 Å². The highest BCUT2D eigenvalue weighted by Crippen LogP contribution is 2.21. The van der Waals surface area contributed by atoms with E-state index in [0.29, 0.717) is 18.7 Å². The van der Waals surface area contributed by atoms with Crippen molar-refractivity contribution < 1.29 is 9.59 Å². The summed E-state index contributed by atoms with van der Waals surface area (Å²) in [6.45, 7) is 1.34. The number of rotatable bonds is 10. The summed E-state index contributed by atoms with van der Waals surface area (Å²) >= 11 is 0. The van der Waals surface area contributed by atoms with E-state index in [9.17, 15) is 9.59 Å². The fourth-order valence-corrected chi connectivity index (χ4v) is 3.52. The molecule has 0 aliphatic heterocycles. The Labute approximate surface area is 196 Å². The lowest BCUT2D eigenvalue weighted by molar-refractivity contribution is -0.121. The molecule has 0 fully saturated rings. The molecule has 172 valence electrons. The van der Waals surface area contributed by atoms with Crippen molar-refractivity contribution in [2.24, 2.45) is 0 Å². The van der Waals surface area contributed by atoms with Gasteiger partial charge in [-0.1, -0.05) is 72.8 Å². The zero-order chi connectivity index (χ0) is 23.5. The van der Waals surface area contributed by atoms with Gasteiger partial charge >= 0.3 is 6.03 Å². The van der Waals surface area contributed by atoms with Crippen molar-refractivity contribution >= 4 is 17.6 Å². The van der Waals surface area contributed by atoms with Gasteiger partial charge in [0.1, 0.15) is 0 Å². The van der Waals surface area contributed by atoms with Gasteiger partial charge in [0.25, 0.3) is 0 Å². The summed E-state index contributed by atoms with van der Waals surface area (Å²) in [5, 5.41) is 8.77. The molecule has 3 aromatic carbocycles. The Morgan fingerprint density at radius 3 is 2.06 bits per heavy atom. The van der Waals surface area contributed by atoms with Crippen LogP contribution < -0.4 is 16.0 Å². The van der Waals surface area contributed by atoms with Crippen molar-refractivity contribution in [3.63, 3.8) is 0 Å². The van der Waals surface area contributed by atoms with E-state index < -0.39 is 0 Å². The first-order valence-corrected chi connectivity index (χ1v) is 11.2. The first-order valence-electron chi connectivity index (χ1n) is 11.2. The van der Waals surface area contributed by atoms with Crippen LogP contribution in [0.3, 0.4) is 0 Å². The Hall–Kier alpha value is -3.64. The molecule has 3 aromatic rings. The predicted molar refractivity (Wildman–Crippen MR) is 134 cm³/mol. The summed E-state index contributed by atoms with van der Waals surface area (Å²) in [4.78, 5) is 27.1. The van der Waals surface area contributed by atoms with Gasteiger partial charge in [0, 0.05) is 31.2 Å². The molecular formula is C27H32N4O2. The number of carbonyl (C=O) groups excluding carboxylic acids is 2. The van der Waals surface area contributed by atoms with Gasteiger partial charge < -0.3 is 20.9 Å². The van der Waals surface area contributed by atoms with Gasteiger partial charge in [-0.15, -0.1) is 0 Å². The lowest BCUT2D eigenvalue weighted by atomic mass is 10.0. The smallest absolute Gasteiger partial charge is 0.319 e. The number of hydrogen-bond acceptors (Lipinski definition) is 3. The lowest BCUT2D eigenvalue weighted by Crippen LogP contribution is -2.43. The van der Waals surface area contributed by atoms with Crippen LogP contribution in [-0.4, -0.2) is 50.1 Å². The Morgan fingerprint density at radius 1 is 0.818 bits per heavy atom. The molecule has 6 nitrogen and oxygen atoms in total. The second kappa shape index (κ2) is 12.4. The second-order valence-electron chi connectivity index (χ2n) is 8.29. The van der Waals surface area contributed by atoms with Gasteiger partial charge in [0.15, 0.2) is 0 Å². The summed E-state index contributed by atoms with van der Waals surface area (Å²) in [6, 6.07) is 27.0. The molecule has 3 rings (SSSR count). The van der Waals surface area contributed by atoms with Crippen LogP contribution in [-0.2, 0) is 11.2 Å². The molecule has 0 aliphatic rings. The van der Waals surface area contributed by atoms with Crippen molar-refractivity contribution in [2.45, 2.75) is 18.9 Å². The topological polar surface area (TPSA) is 73.5 Å². The minimum absolute atomic E-state index is 0.0784. The highest BCUT2D eigenvalue weighted by Gasteiger charge is 2.17. The van der Waals surface area contributed by atoms with E-state index in [4.69, 9.17) is 0 Å². The van der Waals surface area contributed by atoms with Crippen LogP contribution in [0.5, 0.6) is 0 Å². The quantitative estimate of drug-likeness (QED) is 0.440. The maximum atomic E-state index is 12.7. The highest BCUT2D eigenvalue weighted by molar-refractivity contribution is 5.90. The fourth-order valence-electron chi connectivity index (χ4n) is 3.52. The van der Waals surface area contributed by atoms with Crippen LogP contribution in [0.1, 0.15) is 12.0 Å². The Bertz CT molecular complexity index is 1010. The first kappa shape index (κ1) is 24.0. The van der Waals surface area contributed by atoms with Crippen LogP contribution >= 0.6 is 0 Å². The van der Waals surface area contributed by atoms with Crippen LogP contribution in [0.2, 0.25) is 0 Å². The maximum Gasteiger partial charge on any atom is 0.319 e. The second-order valence-corrected chi connectivity index (χ2v) is 8.29. The average Bonchev–Trinajstić information content (AvgIpc) is 2.80. The number of nitrogens with one attached hydrogen (secondary N) is 3. The number of likely N-dealkylation sites (N-methyl/N-ethyl adjacent to an activating group) is 1. The fraction of sp³-hybridized carbons (Fsp3) is 0.259. The van der Waals surface area contributed by atoms with Crippen molar-refractivity contribution in [3.05, 3.63) is 90.5 Å². The minimum atomic E-state index is -0.329. The zero-order valence-electron chi connectivity index (χ0n) is 19.3. The van der Waals surface area contributed by atoms with Crippen molar-refractivity contribution in [3.8, 4) is 11.1 Å². The molecule has 0 radical (unpaired) electrons. The molecule has 0 bridgehead atoms. The Balaban J connectivity index is 1.59. The standard InChI is InChI=1S/C27H32N4O2/c1-31(2)18-17-28-26(32)20-25(19-21-9-5-3-6-10-21)30-27(33)29-24-15-13-23(14-16-24)22-11-7-4-8-12-22/h3-16,25H,17-20H2,1-2H3,(H,28,32)(H2,29,30,33). The van der Waals surface area contributed by atoms with Gasteiger partial charge in [-0.2, -0.15) is 0 Å². The molecule has 6 heteroatoms. The summed E-state index contributed by atoms with van der Waals surface area (Å²) in [5.41, 5.74) is 3.96.